The summed E-state index contributed by atoms with van der Waals surface area (Å²) >= 11 is 0. The Balaban J connectivity index is 1.82. The zero-order valence-electron chi connectivity index (χ0n) is 13.4. The number of hydrogen-bond acceptors (Lipinski definition) is 3. The average molecular weight is 328 g/mol. The smallest absolute Gasteiger partial charge is 0.218 e. The van der Waals surface area contributed by atoms with Crippen LogP contribution in [0.4, 0.5) is 17.1 Å². The number of anilines is 3. The normalized spacial score (nSPS) is 10.7. The van der Waals surface area contributed by atoms with Crippen molar-refractivity contribution in [2.24, 2.45) is 0 Å². The summed E-state index contributed by atoms with van der Waals surface area (Å²) < 4.78 is 0. The number of nitrogen functional groups attached to an aromatic ring is 1. The molecule has 0 aliphatic rings. The van der Waals surface area contributed by atoms with Gasteiger partial charge in [0.05, 0.1) is 11.2 Å². The van der Waals surface area contributed by atoms with E-state index in [9.17, 15) is 4.79 Å². The molecule has 0 saturated heterocycles. The second-order valence-corrected chi connectivity index (χ2v) is 5.74. The highest BCUT2D eigenvalue weighted by molar-refractivity contribution is 5.98. The van der Waals surface area contributed by atoms with Gasteiger partial charge in [0.15, 0.2) is 0 Å². The largest absolute Gasteiger partial charge is 0.399 e. The molecular formula is C20H16N4O. The number of benzene rings is 3. The molecule has 1 amide bonds. The first kappa shape index (κ1) is 15.0. The standard InChI is InChI=1S/C20H16N4O/c21-15-6-8-16(9-7-15)24(13-25)17-10-11-19-18(12-17)20(23-22-19)14-4-2-1-3-5-14/h1-13H,21H2,(H,22,23). The molecule has 0 unspecified atom stereocenters. The van der Waals surface area contributed by atoms with Gasteiger partial charge in [-0.3, -0.25) is 14.8 Å². The molecule has 0 aliphatic carbocycles. The first-order chi connectivity index (χ1) is 12.3. The molecule has 1 aromatic heterocycles. The maximum Gasteiger partial charge on any atom is 0.218 e. The molecule has 0 atom stereocenters. The fourth-order valence-corrected chi connectivity index (χ4v) is 2.87. The Hall–Kier alpha value is -3.60. The lowest BCUT2D eigenvalue weighted by Crippen LogP contribution is -2.13. The fraction of sp³-hybridized carbons (Fsp3) is 0. The molecule has 0 bridgehead atoms. The van der Waals surface area contributed by atoms with Crippen LogP contribution in [0.15, 0.2) is 72.8 Å². The summed E-state index contributed by atoms with van der Waals surface area (Å²) in [7, 11) is 0. The molecule has 122 valence electrons. The highest BCUT2D eigenvalue weighted by atomic mass is 16.1. The monoisotopic (exact) mass is 328 g/mol. The van der Waals surface area contributed by atoms with Crippen molar-refractivity contribution in [2.45, 2.75) is 0 Å². The Labute approximate surface area is 144 Å². The van der Waals surface area contributed by atoms with Crippen molar-refractivity contribution < 1.29 is 4.79 Å². The van der Waals surface area contributed by atoms with Gasteiger partial charge in [-0.15, -0.1) is 0 Å². The predicted octanol–water partition coefficient (Wildman–Crippen LogP) is 4.11. The third kappa shape index (κ3) is 2.72. The van der Waals surface area contributed by atoms with E-state index >= 15 is 0 Å². The Morgan fingerprint density at radius 3 is 2.36 bits per heavy atom. The summed E-state index contributed by atoms with van der Waals surface area (Å²) in [6, 6.07) is 22.9. The van der Waals surface area contributed by atoms with Crippen LogP contribution >= 0.6 is 0 Å². The maximum atomic E-state index is 11.7. The van der Waals surface area contributed by atoms with Crippen LogP contribution in [0.25, 0.3) is 22.2 Å². The van der Waals surface area contributed by atoms with Crippen molar-refractivity contribution in [2.75, 3.05) is 10.6 Å². The second kappa shape index (κ2) is 6.13. The molecule has 0 fully saturated rings. The number of amides is 1. The van der Waals surface area contributed by atoms with Crippen molar-refractivity contribution in [1.29, 1.82) is 0 Å². The van der Waals surface area contributed by atoms with Gasteiger partial charge in [-0.05, 0) is 42.5 Å². The lowest BCUT2D eigenvalue weighted by molar-refractivity contribution is -0.106. The van der Waals surface area contributed by atoms with Crippen molar-refractivity contribution in [3.63, 3.8) is 0 Å². The molecule has 0 saturated carbocycles. The second-order valence-electron chi connectivity index (χ2n) is 5.74. The molecule has 5 nitrogen and oxygen atoms in total. The molecule has 25 heavy (non-hydrogen) atoms. The highest BCUT2D eigenvalue weighted by Crippen LogP contribution is 2.32. The van der Waals surface area contributed by atoms with Crippen LogP contribution in [0.5, 0.6) is 0 Å². The van der Waals surface area contributed by atoms with E-state index in [0.717, 1.165) is 39.9 Å². The quantitative estimate of drug-likeness (QED) is 0.437. The lowest BCUT2D eigenvalue weighted by Gasteiger charge is -2.18. The first-order valence-electron chi connectivity index (χ1n) is 7.90. The molecule has 3 aromatic carbocycles. The number of nitrogens with zero attached hydrogens (tertiary/aromatic N) is 2. The number of H-pyrrole nitrogens is 1. The van der Waals surface area contributed by atoms with Crippen LogP contribution in [0.1, 0.15) is 0 Å². The van der Waals surface area contributed by atoms with Gasteiger partial charge in [-0.2, -0.15) is 5.10 Å². The van der Waals surface area contributed by atoms with Crippen LogP contribution in [0.2, 0.25) is 0 Å². The minimum atomic E-state index is 0.659. The van der Waals surface area contributed by atoms with E-state index in [1.807, 2.05) is 60.7 Å². The molecule has 1 heterocycles. The van der Waals surface area contributed by atoms with Crippen LogP contribution in [0.3, 0.4) is 0 Å². The van der Waals surface area contributed by atoms with Gasteiger partial charge in [-0.25, -0.2) is 0 Å². The minimum Gasteiger partial charge on any atom is -0.399 e. The van der Waals surface area contributed by atoms with Crippen molar-refractivity contribution in [1.82, 2.24) is 10.2 Å². The number of aromatic nitrogens is 2. The molecule has 3 N–H and O–H groups in total. The van der Waals surface area contributed by atoms with E-state index in [0.29, 0.717) is 5.69 Å². The van der Waals surface area contributed by atoms with Crippen LogP contribution in [0, 0.1) is 0 Å². The number of nitrogens with one attached hydrogen (secondary N) is 1. The summed E-state index contributed by atoms with van der Waals surface area (Å²) in [6.07, 6.45) is 0.801. The van der Waals surface area contributed by atoms with Gasteiger partial charge < -0.3 is 5.73 Å². The van der Waals surface area contributed by atoms with Gasteiger partial charge >= 0.3 is 0 Å². The zero-order valence-corrected chi connectivity index (χ0v) is 13.4. The summed E-state index contributed by atoms with van der Waals surface area (Å²) in [4.78, 5) is 13.3. The number of nitrogens with two attached hydrogens (primary N) is 1. The maximum absolute atomic E-state index is 11.7. The average Bonchev–Trinajstić information content (AvgIpc) is 3.08. The zero-order chi connectivity index (χ0) is 17.2. The van der Waals surface area contributed by atoms with Gasteiger partial charge in [0.2, 0.25) is 6.41 Å². The highest BCUT2D eigenvalue weighted by Gasteiger charge is 2.13. The van der Waals surface area contributed by atoms with E-state index < -0.39 is 0 Å². The first-order valence-corrected chi connectivity index (χ1v) is 7.90. The topological polar surface area (TPSA) is 75.0 Å². The number of carbonyl (C=O) groups is 1. The van der Waals surface area contributed by atoms with Gasteiger partial charge in [0.1, 0.15) is 0 Å². The van der Waals surface area contributed by atoms with E-state index in [-0.39, 0.29) is 0 Å². The SMILES string of the molecule is Nc1ccc(N(C=O)c2ccc3[nH]nc(-c4ccccc4)c3c2)cc1. The van der Waals surface area contributed by atoms with Crippen molar-refractivity contribution in [3.8, 4) is 11.3 Å². The molecule has 4 aromatic rings. The Morgan fingerprint density at radius 1 is 0.920 bits per heavy atom. The summed E-state index contributed by atoms with van der Waals surface area (Å²) in [6.45, 7) is 0. The van der Waals surface area contributed by atoms with E-state index in [4.69, 9.17) is 5.73 Å². The summed E-state index contributed by atoms with van der Waals surface area (Å²) in [5.74, 6) is 0. The van der Waals surface area contributed by atoms with Crippen LogP contribution in [-0.2, 0) is 4.79 Å². The third-order valence-corrected chi connectivity index (χ3v) is 4.15. The molecule has 0 spiro atoms. The van der Waals surface area contributed by atoms with Crippen molar-refractivity contribution in [3.05, 3.63) is 72.8 Å². The number of aromatic amines is 1. The molecule has 0 radical (unpaired) electrons. The fourth-order valence-electron chi connectivity index (χ4n) is 2.87. The lowest BCUT2D eigenvalue weighted by atomic mass is 10.1. The minimum absolute atomic E-state index is 0.659. The number of carbonyl (C=O) groups excluding carboxylic acids is 1. The number of hydrogen-bond donors (Lipinski definition) is 2. The Bertz CT molecular complexity index is 1020. The molecular weight excluding hydrogens is 312 g/mol. The van der Waals surface area contributed by atoms with Gasteiger partial charge in [0, 0.05) is 28.0 Å². The van der Waals surface area contributed by atoms with E-state index in [1.54, 1.807) is 17.0 Å². The van der Waals surface area contributed by atoms with Crippen LogP contribution in [-0.4, -0.2) is 16.6 Å². The number of fused-ring (bicyclic) bond motifs is 1. The van der Waals surface area contributed by atoms with Gasteiger partial charge in [0.25, 0.3) is 0 Å². The molecule has 0 aliphatic heterocycles. The Morgan fingerprint density at radius 2 is 1.64 bits per heavy atom. The molecule has 5 heteroatoms. The molecule has 4 rings (SSSR count). The van der Waals surface area contributed by atoms with E-state index in [1.165, 1.54) is 0 Å². The Kier molecular flexibility index (Phi) is 3.67. The predicted molar refractivity (Wildman–Crippen MR) is 101 cm³/mol. The van der Waals surface area contributed by atoms with Crippen LogP contribution < -0.4 is 10.6 Å². The van der Waals surface area contributed by atoms with Gasteiger partial charge in [-0.1, -0.05) is 30.3 Å². The number of rotatable bonds is 4. The summed E-state index contributed by atoms with van der Waals surface area (Å²) in [5.41, 5.74) is 10.7. The van der Waals surface area contributed by atoms with E-state index in [2.05, 4.69) is 10.2 Å². The van der Waals surface area contributed by atoms with Crippen molar-refractivity contribution >= 4 is 34.4 Å². The summed E-state index contributed by atoms with van der Waals surface area (Å²) in [5, 5.41) is 8.44. The third-order valence-electron chi connectivity index (χ3n) is 4.15.